The van der Waals surface area contributed by atoms with Crippen molar-refractivity contribution in [3.8, 4) is 0 Å². The van der Waals surface area contributed by atoms with Gasteiger partial charge in [0.05, 0.1) is 0 Å². The molecular weight excluding hydrogens is 222 g/mol. The molecule has 1 unspecified atom stereocenters. The molecule has 0 saturated carbocycles. The van der Waals surface area contributed by atoms with Crippen LogP contribution in [0.25, 0.3) is 0 Å². The summed E-state index contributed by atoms with van der Waals surface area (Å²) >= 11 is 1.78. The maximum Gasteiger partial charge on any atom is 0.325 e. The van der Waals surface area contributed by atoms with Crippen LogP contribution < -0.4 is 0 Å². The minimum absolute atomic E-state index is 0.391. The molecule has 0 aromatic rings. The fraction of sp³-hybridized carbons (Fsp3) is 0.917. The highest BCUT2D eigenvalue weighted by molar-refractivity contribution is 7.99. The maximum atomic E-state index is 11.5. The lowest BCUT2D eigenvalue weighted by Gasteiger charge is -2.44. The normalized spacial score (nSPS) is 35.1. The molecule has 3 nitrogen and oxygen atoms in total. The lowest BCUT2D eigenvalue weighted by atomic mass is 9.80. The van der Waals surface area contributed by atoms with E-state index in [0.29, 0.717) is 5.41 Å². The Morgan fingerprint density at radius 3 is 2.31 bits per heavy atom. The molecule has 1 atom stereocenters. The van der Waals surface area contributed by atoms with E-state index in [1.165, 1.54) is 0 Å². The standard InChI is InChI=1S/C12H21NO2S/c1-11(2)3-6-13(7-4-11)12(10(14)15)5-8-16-9-12/h3-9H2,1-2H3,(H,14,15). The molecule has 0 amide bonds. The first-order valence-electron chi connectivity index (χ1n) is 6.03. The Kier molecular flexibility index (Phi) is 3.23. The minimum Gasteiger partial charge on any atom is -0.480 e. The number of carboxylic acid groups (broad SMARTS) is 1. The van der Waals surface area contributed by atoms with Crippen LogP contribution in [0.15, 0.2) is 0 Å². The molecular formula is C12H21NO2S. The van der Waals surface area contributed by atoms with E-state index in [0.717, 1.165) is 43.9 Å². The fourth-order valence-electron chi connectivity index (χ4n) is 2.65. The van der Waals surface area contributed by atoms with Crippen LogP contribution in [-0.4, -0.2) is 46.1 Å². The summed E-state index contributed by atoms with van der Waals surface area (Å²) in [5.74, 6) is 1.15. The van der Waals surface area contributed by atoms with Crippen molar-refractivity contribution in [3.63, 3.8) is 0 Å². The van der Waals surface area contributed by atoms with Gasteiger partial charge in [-0.25, -0.2) is 0 Å². The van der Waals surface area contributed by atoms with E-state index in [-0.39, 0.29) is 0 Å². The first-order valence-corrected chi connectivity index (χ1v) is 7.18. The second-order valence-corrected chi connectivity index (χ2v) is 6.90. The van der Waals surface area contributed by atoms with Crippen molar-refractivity contribution in [2.45, 2.75) is 38.6 Å². The molecule has 2 fully saturated rings. The van der Waals surface area contributed by atoms with Crippen molar-refractivity contribution in [1.82, 2.24) is 4.90 Å². The molecule has 2 rings (SSSR count). The van der Waals surface area contributed by atoms with Gasteiger partial charge in [0.25, 0.3) is 0 Å². The predicted octanol–water partition coefficient (Wildman–Crippen LogP) is 2.07. The molecule has 2 heterocycles. The van der Waals surface area contributed by atoms with E-state index >= 15 is 0 Å². The molecule has 0 aliphatic carbocycles. The molecule has 0 aromatic carbocycles. The third kappa shape index (κ3) is 2.09. The molecule has 2 aliphatic rings. The molecule has 2 saturated heterocycles. The van der Waals surface area contributed by atoms with E-state index in [2.05, 4.69) is 18.7 Å². The number of carboxylic acids is 1. The van der Waals surface area contributed by atoms with E-state index in [4.69, 9.17) is 0 Å². The summed E-state index contributed by atoms with van der Waals surface area (Å²) in [6.45, 7) is 6.45. The zero-order valence-corrected chi connectivity index (χ0v) is 11.0. The van der Waals surface area contributed by atoms with Crippen LogP contribution in [0.2, 0.25) is 0 Å². The summed E-state index contributed by atoms with van der Waals surface area (Å²) in [7, 11) is 0. The Morgan fingerprint density at radius 2 is 1.88 bits per heavy atom. The Labute approximate surface area is 102 Å². The highest BCUT2D eigenvalue weighted by atomic mass is 32.2. The molecule has 4 heteroatoms. The Hall–Kier alpha value is -0.220. The molecule has 16 heavy (non-hydrogen) atoms. The van der Waals surface area contributed by atoms with Crippen LogP contribution >= 0.6 is 11.8 Å². The summed E-state index contributed by atoms with van der Waals surface area (Å²) in [5, 5.41) is 9.49. The molecule has 2 aliphatic heterocycles. The van der Waals surface area contributed by atoms with E-state index in [9.17, 15) is 9.90 Å². The Morgan fingerprint density at radius 1 is 1.25 bits per heavy atom. The average molecular weight is 243 g/mol. The van der Waals surface area contributed by atoms with Crippen molar-refractivity contribution in [2.24, 2.45) is 5.41 Å². The summed E-state index contributed by atoms with van der Waals surface area (Å²) in [6.07, 6.45) is 3.05. The highest BCUT2D eigenvalue weighted by Crippen LogP contribution is 2.39. The van der Waals surface area contributed by atoms with Gasteiger partial charge < -0.3 is 5.11 Å². The summed E-state index contributed by atoms with van der Waals surface area (Å²) in [5.41, 5.74) is -0.164. The van der Waals surface area contributed by atoms with E-state index < -0.39 is 11.5 Å². The second-order valence-electron chi connectivity index (χ2n) is 5.79. The van der Waals surface area contributed by atoms with Crippen molar-refractivity contribution in [2.75, 3.05) is 24.6 Å². The average Bonchev–Trinajstić information content (AvgIpc) is 2.67. The zero-order chi connectivity index (χ0) is 11.8. The lowest BCUT2D eigenvalue weighted by molar-refractivity contribution is -0.151. The van der Waals surface area contributed by atoms with Gasteiger partial charge in [-0.3, -0.25) is 9.69 Å². The van der Waals surface area contributed by atoms with Gasteiger partial charge in [0.15, 0.2) is 0 Å². The molecule has 0 spiro atoms. The van der Waals surface area contributed by atoms with Gasteiger partial charge in [0, 0.05) is 5.75 Å². The lowest BCUT2D eigenvalue weighted by Crippen LogP contribution is -2.58. The van der Waals surface area contributed by atoms with Crippen molar-refractivity contribution in [3.05, 3.63) is 0 Å². The van der Waals surface area contributed by atoms with Gasteiger partial charge in [0.2, 0.25) is 0 Å². The first-order chi connectivity index (χ1) is 7.46. The number of aliphatic carboxylic acids is 1. The second kappa shape index (κ2) is 4.22. The number of rotatable bonds is 2. The summed E-state index contributed by atoms with van der Waals surface area (Å²) in [6, 6.07) is 0. The van der Waals surface area contributed by atoms with Gasteiger partial charge in [-0.05, 0) is 43.5 Å². The third-order valence-electron chi connectivity index (χ3n) is 4.12. The third-order valence-corrected chi connectivity index (χ3v) is 5.30. The Balaban J connectivity index is 2.09. The topological polar surface area (TPSA) is 40.5 Å². The smallest absolute Gasteiger partial charge is 0.325 e. The molecule has 0 aromatic heterocycles. The number of likely N-dealkylation sites (tertiary alicyclic amines) is 1. The number of thioether (sulfide) groups is 1. The molecule has 0 radical (unpaired) electrons. The highest BCUT2D eigenvalue weighted by Gasteiger charge is 2.48. The van der Waals surface area contributed by atoms with Crippen LogP contribution in [-0.2, 0) is 4.79 Å². The minimum atomic E-state index is -0.614. The SMILES string of the molecule is CC1(C)CCN(C2(C(=O)O)CCSC2)CC1. The predicted molar refractivity (Wildman–Crippen MR) is 66.9 cm³/mol. The van der Waals surface area contributed by atoms with Crippen LogP contribution in [0, 0.1) is 5.41 Å². The maximum absolute atomic E-state index is 11.5. The Bertz CT molecular complexity index is 275. The largest absolute Gasteiger partial charge is 0.480 e. The van der Waals surface area contributed by atoms with Crippen molar-refractivity contribution in [1.29, 1.82) is 0 Å². The number of nitrogens with zero attached hydrogens (tertiary/aromatic N) is 1. The van der Waals surface area contributed by atoms with Crippen LogP contribution in [0.5, 0.6) is 0 Å². The molecule has 0 bridgehead atoms. The first kappa shape index (κ1) is 12.2. The zero-order valence-electron chi connectivity index (χ0n) is 10.2. The monoisotopic (exact) mass is 243 g/mol. The molecule has 92 valence electrons. The van der Waals surface area contributed by atoms with Gasteiger partial charge in [-0.15, -0.1) is 0 Å². The number of carbonyl (C=O) groups is 1. The number of piperidine rings is 1. The number of hydrogen-bond donors (Lipinski definition) is 1. The van der Waals surface area contributed by atoms with Crippen LogP contribution in [0.3, 0.4) is 0 Å². The summed E-state index contributed by atoms with van der Waals surface area (Å²) in [4.78, 5) is 13.8. The molecule has 1 N–H and O–H groups in total. The van der Waals surface area contributed by atoms with Gasteiger partial charge in [0.1, 0.15) is 5.54 Å². The van der Waals surface area contributed by atoms with Crippen LogP contribution in [0.4, 0.5) is 0 Å². The number of hydrogen-bond acceptors (Lipinski definition) is 3. The van der Waals surface area contributed by atoms with Gasteiger partial charge >= 0.3 is 5.97 Å². The fourth-order valence-corrected chi connectivity index (χ4v) is 4.06. The van der Waals surface area contributed by atoms with Gasteiger partial charge in [-0.2, -0.15) is 11.8 Å². The van der Waals surface area contributed by atoms with Crippen molar-refractivity contribution >= 4 is 17.7 Å². The quantitative estimate of drug-likeness (QED) is 0.806. The van der Waals surface area contributed by atoms with Crippen molar-refractivity contribution < 1.29 is 9.90 Å². The van der Waals surface area contributed by atoms with E-state index in [1.54, 1.807) is 11.8 Å². The van der Waals surface area contributed by atoms with Crippen LogP contribution in [0.1, 0.15) is 33.1 Å². The van der Waals surface area contributed by atoms with Gasteiger partial charge in [-0.1, -0.05) is 13.8 Å². The summed E-state index contributed by atoms with van der Waals surface area (Å²) < 4.78 is 0. The van der Waals surface area contributed by atoms with E-state index in [1.807, 2.05) is 0 Å².